The van der Waals surface area contributed by atoms with Crippen LogP contribution in [0.2, 0.25) is 0 Å². The lowest BCUT2D eigenvalue weighted by molar-refractivity contribution is -0.0667. The van der Waals surface area contributed by atoms with E-state index >= 15 is 0 Å². The predicted molar refractivity (Wildman–Crippen MR) is 75.7 cm³/mol. The monoisotopic (exact) mass is 268 g/mol. The molecule has 0 saturated heterocycles. The van der Waals surface area contributed by atoms with Crippen molar-refractivity contribution in [3.8, 4) is 0 Å². The Morgan fingerprint density at radius 2 is 1.94 bits per heavy atom. The van der Waals surface area contributed by atoms with Crippen molar-refractivity contribution in [2.24, 2.45) is 11.1 Å². The lowest BCUT2D eigenvalue weighted by atomic mass is 9.71. The predicted octanol–water partition coefficient (Wildman–Crippen LogP) is 3.60. The van der Waals surface area contributed by atoms with E-state index in [0.29, 0.717) is 5.41 Å². The first-order chi connectivity index (χ1) is 8.38. The number of hydrogen-bond acceptors (Lipinski definition) is 4. The Balaban J connectivity index is 2.22. The summed E-state index contributed by atoms with van der Waals surface area (Å²) in [5.74, 6) is 0. The summed E-state index contributed by atoms with van der Waals surface area (Å²) in [6.07, 6.45) is 6.40. The van der Waals surface area contributed by atoms with E-state index in [1.807, 2.05) is 20.2 Å². The zero-order chi connectivity index (χ0) is 13.4. The highest BCUT2D eigenvalue weighted by Crippen LogP contribution is 2.48. The van der Waals surface area contributed by atoms with Gasteiger partial charge >= 0.3 is 0 Å². The van der Waals surface area contributed by atoms with Gasteiger partial charge in [-0.05, 0) is 38.0 Å². The molecular weight excluding hydrogens is 244 g/mol. The zero-order valence-corrected chi connectivity index (χ0v) is 12.6. The topological polar surface area (TPSA) is 48.1 Å². The normalized spacial score (nSPS) is 23.8. The van der Waals surface area contributed by atoms with E-state index in [1.54, 1.807) is 11.3 Å². The fraction of sp³-hybridized carbons (Fsp3) is 0.786. The molecule has 2 rings (SSSR count). The average Bonchev–Trinajstić information content (AvgIpc) is 2.80. The van der Waals surface area contributed by atoms with Crippen molar-refractivity contribution in [1.82, 2.24) is 4.98 Å². The van der Waals surface area contributed by atoms with Crippen LogP contribution < -0.4 is 5.73 Å². The second kappa shape index (κ2) is 4.91. The van der Waals surface area contributed by atoms with E-state index in [0.717, 1.165) is 22.7 Å². The Labute approximate surface area is 114 Å². The van der Waals surface area contributed by atoms with Gasteiger partial charge in [0.05, 0.1) is 0 Å². The molecular formula is C14H24N2OS. The largest absolute Gasteiger partial charge is 0.371 e. The fourth-order valence-electron chi connectivity index (χ4n) is 2.54. The summed E-state index contributed by atoms with van der Waals surface area (Å²) < 4.78 is 5.86. The molecule has 3 nitrogen and oxygen atoms in total. The molecule has 1 aromatic rings. The highest BCUT2D eigenvalue weighted by molar-refractivity contribution is 7.11. The van der Waals surface area contributed by atoms with Crippen LogP contribution in [0.25, 0.3) is 0 Å². The SMILES string of the molecule is COC1(c2ncc(C(C)N)s2)CCC(C)(C)CC1. The van der Waals surface area contributed by atoms with Gasteiger partial charge in [-0.25, -0.2) is 4.98 Å². The van der Waals surface area contributed by atoms with Gasteiger partial charge in [-0.15, -0.1) is 11.3 Å². The van der Waals surface area contributed by atoms with E-state index in [1.165, 1.54) is 12.8 Å². The van der Waals surface area contributed by atoms with Crippen LogP contribution in [0, 0.1) is 5.41 Å². The number of nitrogens with zero attached hydrogens (tertiary/aromatic N) is 1. The molecule has 4 heteroatoms. The maximum atomic E-state index is 5.91. The van der Waals surface area contributed by atoms with Gasteiger partial charge in [-0.3, -0.25) is 0 Å². The molecule has 1 heterocycles. The van der Waals surface area contributed by atoms with Crippen LogP contribution in [0.1, 0.15) is 62.4 Å². The van der Waals surface area contributed by atoms with Gasteiger partial charge in [0, 0.05) is 24.2 Å². The number of rotatable bonds is 3. The lowest BCUT2D eigenvalue weighted by Gasteiger charge is -2.41. The van der Waals surface area contributed by atoms with Crippen LogP contribution in [-0.2, 0) is 10.3 Å². The van der Waals surface area contributed by atoms with E-state index in [4.69, 9.17) is 10.5 Å². The van der Waals surface area contributed by atoms with Crippen molar-refractivity contribution >= 4 is 11.3 Å². The molecule has 1 aliphatic rings. The highest BCUT2D eigenvalue weighted by Gasteiger charge is 2.41. The minimum atomic E-state index is -0.173. The summed E-state index contributed by atoms with van der Waals surface area (Å²) in [7, 11) is 1.81. The van der Waals surface area contributed by atoms with Gasteiger partial charge in [0.1, 0.15) is 10.6 Å². The molecule has 0 radical (unpaired) electrons. The van der Waals surface area contributed by atoms with Crippen LogP contribution in [0.3, 0.4) is 0 Å². The third kappa shape index (κ3) is 2.60. The van der Waals surface area contributed by atoms with E-state index in [9.17, 15) is 0 Å². The van der Waals surface area contributed by atoms with Crippen molar-refractivity contribution in [2.75, 3.05) is 7.11 Å². The zero-order valence-electron chi connectivity index (χ0n) is 11.8. The first-order valence-electron chi connectivity index (χ1n) is 6.65. The summed E-state index contributed by atoms with van der Waals surface area (Å²) in [6, 6.07) is 0.0604. The maximum Gasteiger partial charge on any atom is 0.125 e. The van der Waals surface area contributed by atoms with Crippen molar-refractivity contribution in [3.05, 3.63) is 16.1 Å². The van der Waals surface area contributed by atoms with Gasteiger partial charge < -0.3 is 10.5 Å². The summed E-state index contributed by atoms with van der Waals surface area (Å²) >= 11 is 1.71. The van der Waals surface area contributed by atoms with Gasteiger partial charge in [0.2, 0.25) is 0 Å². The van der Waals surface area contributed by atoms with E-state index < -0.39 is 0 Å². The summed E-state index contributed by atoms with van der Waals surface area (Å²) in [4.78, 5) is 5.71. The molecule has 1 aliphatic carbocycles. The minimum absolute atomic E-state index is 0.0604. The number of thiazole rings is 1. The molecule has 1 atom stereocenters. The second-order valence-electron chi connectivity index (χ2n) is 6.22. The summed E-state index contributed by atoms with van der Waals surface area (Å²) in [6.45, 7) is 6.67. The fourth-order valence-corrected chi connectivity index (χ4v) is 3.64. The quantitative estimate of drug-likeness (QED) is 0.911. The number of methoxy groups -OCH3 is 1. The molecule has 0 amide bonds. The molecule has 2 N–H and O–H groups in total. The van der Waals surface area contributed by atoms with Gasteiger partial charge in [0.25, 0.3) is 0 Å². The van der Waals surface area contributed by atoms with Crippen molar-refractivity contribution in [1.29, 1.82) is 0 Å². The number of ether oxygens (including phenoxy) is 1. The molecule has 0 aromatic carbocycles. The molecule has 0 spiro atoms. The minimum Gasteiger partial charge on any atom is -0.371 e. The third-order valence-corrected chi connectivity index (χ3v) is 5.55. The van der Waals surface area contributed by atoms with E-state index in [-0.39, 0.29) is 11.6 Å². The van der Waals surface area contributed by atoms with Crippen molar-refractivity contribution in [3.63, 3.8) is 0 Å². The molecule has 1 unspecified atom stereocenters. The van der Waals surface area contributed by atoms with Gasteiger partial charge in [0.15, 0.2) is 0 Å². The molecule has 1 aromatic heterocycles. The van der Waals surface area contributed by atoms with Crippen LogP contribution in [0.5, 0.6) is 0 Å². The van der Waals surface area contributed by atoms with Crippen molar-refractivity contribution in [2.45, 2.75) is 58.1 Å². The van der Waals surface area contributed by atoms with Gasteiger partial charge in [-0.2, -0.15) is 0 Å². The lowest BCUT2D eigenvalue weighted by Crippen LogP contribution is -2.36. The first-order valence-corrected chi connectivity index (χ1v) is 7.47. The number of aromatic nitrogens is 1. The second-order valence-corrected chi connectivity index (χ2v) is 7.28. The third-order valence-electron chi connectivity index (χ3n) is 4.16. The maximum absolute atomic E-state index is 5.91. The molecule has 18 heavy (non-hydrogen) atoms. The first kappa shape index (κ1) is 14.0. The smallest absolute Gasteiger partial charge is 0.125 e. The average molecular weight is 268 g/mol. The van der Waals surface area contributed by atoms with Crippen molar-refractivity contribution < 1.29 is 4.74 Å². The Kier molecular flexibility index (Phi) is 3.81. The molecule has 0 aliphatic heterocycles. The van der Waals surface area contributed by atoms with Crippen LogP contribution in [-0.4, -0.2) is 12.1 Å². The molecule has 102 valence electrons. The standard InChI is InChI=1S/C14H24N2OS/c1-10(15)11-9-16-12(18-11)14(17-4)7-5-13(2,3)6-8-14/h9-10H,5-8,15H2,1-4H3. The molecule has 0 bridgehead atoms. The Bertz CT molecular complexity index is 402. The summed E-state index contributed by atoms with van der Waals surface area (Å²) in [5, 5.41) is 1.10. The van der Waals surface area contributed by atoms with Gasteiger partial charge in [-0.1, -0.05) is 13.8 Å². The Hall–Kier alpha value is -0.450. The van der Waals surface area contributed by atoms with Crippen LogP contribution >= 0.6 is 11.3 Å². The molecule has 1 saturated carbocycles. The highest BCUT2D eigenvalue weighted by atomic mass is 32.1. The molecule has 1 fully saturated rings. The number of nitrogens with two attached hydrogens (primary N) is 1. The summed E-state index contributed by atoms with van der Waals surface area (Å²) in [5.41, 5.74) is 6.17. The number of hydrogen-bond donors (Lipinski definition) is 1. The Morgan fingerprint density at radius 1 is 1.33 bits per heavy atom. The van der Waals surface area contributed by atoms with Crippen LogP contribution in [0.15, 0.2) is 6.20 Å². The van der Waals surface area contributed by atoms with Crippen LogP contribution in [0.4, 0.5) is 0 Å². The Morgan fingerprint density at radius 3 is 2.39 bits per heavy atom. The van der Waals surface area contributed by atoms with E-state index in [2.05, 4.69) is 18.8 Å².